The van der Waals surface area contributed by atoms with Gasteiger partial charge in [-0.1, -0.05) is 0 Å². The van der Waals surface area contributed by atoms with Crippen molar-refractivity contribution in [3.8, 4) is 5.88 Å². The molecular weight excluding hydrogens is 439 g/mol. The molecule has 0 saturated heterocycles. The molecule has 0 saturated carbocycles. The number of carboxylic acids is 1. The Labute approximate surface area is 172 Å². The standard InChI is InChI=1S/C11H12N4O3S.C5H3FN2O4/c1-18-11-6-10(13-7-14-11)15-19(16,17)9-4-2-8(12)3-5-9;6-1-2(4(10)11)7-5(12)8-3(1)9/h2-7H,12H2,1H3,(H,13,14,15);(H,10,11)(H2,7,8,9,12). The summed E-state index contributed by atoms with van der Waals surface area (Å²) in [5, 5.41) is 8.25. The van der Waals surface area contributed by atoms with E-state index in [1.165, 1.54) is 48.8 Å². The fourth-order valence-corrected chi connectivity index (χ4v) is 2.97. The first-order valence-electron chi connectivity index (χ1n) is 8.03. The number of hydrogen-bond donors (Lipinski definition) is 5. The summed E-state index contributed by atoms with van der Waals surface area (Å²) in [7, 11) is -2.28. The van der Waals surface area contributed by atoms with Crippen molar-refractivity contribution in [2.45, 2.75) is 4.90 Å². The number of aromatic amines is 2. The lowest BCUT2D eigenvalue weighted by Crippen LogP contribution is -2.29. The molecule has 0 amide bonds. The van der Waals surface area contributed by atoms with Gasteiger partial charge in [0.15, 0.2) is 5.69 Å². The maximum absolute atomic E-state index is 12.5. The van der Waals surface area contributed by atoms with Crippen molar-refractivity contribution in [2.75, 3.05) is 17.6 Å². The third-order valence-corrected chi connectivity index (χ3v) is 4.75. The van der Waals surface area contributed by atoms with Crippen LogP contribution in [0.25, 0.3) is 0 Å². The molecule has 0 aliphatic carbocycles. The number of anilines is 2. The summed E-state index contributed by atoms with van der Waals surface area (Å²) in [6, 6.07) is 7.23. The van der Waals surface area contributed by atoms with Crippen molar-refractivity contribution in [3.63, 3.8) is 0 Å². The van der Waals surface area contributed by atoms with Crippen LogP contribution in [0.2, 0.25) is 0 Å². The number of sulfonamides is 1. The van der Waals surface area contributed by atoms with Crippen LogP contribution in [-0.2, 0) is 10.0 Å². The predicted octanol–water partition coefficient (Wildman–Crippen LogP) is -0.231. The molecular formula is C16H15FN6O7S. The number of benzene rings is 1. The van der Waals surface area contributed by atoms with Crippen LogP contribution in [-0.4, -0.2) is 46.5 Å². The number of carboxylic acid groups (broad SMARTS) is 1. The van der Waals surface area contributed by atoms with Gasteiger partial charge in [-0.05, 0) is 24.3 Å². The van der Waals surface area contributed by atoms with E-state index in [1.807, 2.05) is 0 Å². The van der Waals surface area contributed by atoms with Crippen LogP contribution >= 0.6 is 0 Å². The molecule has 0 atom stereocenters. The number of aromatic nitrogens is 4. The summed E-state index contributed by atoms with van der Waals surface area (Å²) < 4.78 is 43.9. The highest BCUT2D eigenvalue weighted by Gasteiger charge is 2.15. The number of nitrogens with one attached hydrogen (secondary N) is 3. The van der Waals surface area contributed by atoms with Gasteiger partial charge >= 0.3 is 11.7 Å². The van der Waals surface area contributed by atoms with E-state index in [2.05, 4.69) is 14.7 Å². The Morgan fingerprint density at radius 3 is 2.42 bits per heavy atom. The molecule has 31 heavy (non-hydrogen) atoms. The van der Waals surface area contributed by atoms with Crippen molar-refractivity contribution < 1.29 is 27.4 Å². The minimum absolute atomic E-state index is 0.0966. The fourth-order valence-electron chi connectivity index (χ4n) is 1.97. The molecule has 6 N–H and O–H groups in total. The summed E-state index contributed by atoms with van der Waals surface area (Å²) in [6.45, 7) is 0. The monoisotopic (exact) mass is 454 g/mol. The highest BCUT2D eigenvalue weighted by Crippen LogP contribution is 2.17. The average molecular weight is 454 g/mol. The zero-order valence-electron chi connectivity index (χ0n) is 15.6. The van der Waals surface area contributed by atoms with E-state index in [4.69, 9.17) is 15.6 Å². The number of rotatable bonds is 5. The van der Waals surface area contributed by atoms with Crippen molar-refractivity contribution >= 4 is 27.5 Å². The Hall–Kier alpha value is -4.27. The molecule has 2 heterocycles. The van der Waals surface area contributed by atoms with Gasteiger partial charge in [0.05, 0.1) is 12.0 Å². The van der Waals surface area contributed by atoms with E-state index in [0.29, 0.717) is 5.69 Å². The fraction of sp³-hybridized carbons (Fsp3) is 0.0625. The first-order valence-corrected chi connectivity index (χ1v) is 9.51. The summed E-state index contributed by atoms with van der Waals surface area (Å²) in [5.41, 5.74) is 2.55. The molecule has 3 aromatic rings. The molecule has 2 aromatic heterocycles. The first kappa shape index (κ1) is 23.0. The lowest BCUT2D eigenvalue weighted by molar-refractivity contribution is 0.0683. The SMILES string of the molecule is COc1cc(NS(=O)(=O)c2ccc(N)cc2)ncn1.O=C(O)c1[nH]c(=O)[nH]c(=O)c1F. The van der Waals surface area contributed by atoms with E-state index in [0.717, 1.165) is 0 Å². The lowest BCUT2D eigenvalue weighted by Gasteiger charge is -2.08. The van der Waals surface area contributed by atoms with Crippen LogP contribution in [0, 0.1) is 5.82 Å². The molecule has 164 valence electrons. The van der Waals surface area contributed by atoms with E-state index < -0.39 is 38.8 Å². The van der Waals surface area contributed by atoms with Crippen molar-refractivity contribution in [2.24, 2.45) is 0 Å². The third kappa shape index (κ3) is 6.10. The molecule has 13 nitrogen and oxygen atoms in total. The van der Waals surface area contributed by atoms with Crippen LogP contribution < -0.4 is 26.4 Å². The van der Waals surface area contributed by atoms with Crippen LogP contribution in [0.3, 0.4) is 0 Å². The van der Waals surface area contributed by atoms with Crippen LogP contribution in [0.15, 0.2) is 51.1 Å². The predicted molar refractivity (Wildman–Crippen MR) is 105 cm³/mol. The zero-order valence-corrected chi connectivity index (χ0v) is 16.4. The molecule has 0 aliphatic heterocycles. The second kappa shape index (κ2) is 9.49. The van der Waals surface area contributed by atoms with Crippen LogP contribution in [0.4, 0.5) is 15.9 Å². The smallest absolute Gasteiger partial charge is 0.355 e. The maximum atomic E-state index is 12.5. The highest BCUT2D eigenvalue weighted by atomic mass is 32.2. The number of halogens is 1. The Kier molecular flexibility index (Phi) is 7.04. The van der Waals surface area contributed by atoms with Crippen molar-refractivity contribution in [1.29, 1.82) is 0 Å². The number of hydrogen-bond acceptors (Lipinski definition) is 9. The summed E-state index contributed by atoms with van der Waals surface area (Å²) >= 11 is 0. The molecule has 0 aliphatic rings. The minimum Gasteiger partial charge on any atom is -0.481 e. The topological polar surface area (TPSA) is 210 Å². The number of ether oxygens (including phenoxy) is 1. The normalized spacial score (nSPS) is 10.5. The Morgan fingerprint density at radius 1 is 1.19 bits per heavy atom. The summed E-state index contributed by atoms with van der Waals surface area (Å²) in [5.74, 6) is -2.81. The molecule has 0 unspecified atom stereocenters. The number of nitrogen functional groups attached to an aromatic ring is 1. The molecule has 3 rings (SSSR count). The number of H-pyrrole nitrogens is 2. The number of methoxy groups -OCH3 is 1. The van der Waals surface area contributed by atoms with E-state index >= 15 is 0 Å². The molecule has 15 heteroatoms. The maximum Gasteiger partial charge on any atom is 0.355 e. The average Bonchev–Trinajstić information content (AvgIpc) is 2.71. The molecule has 0 radical (unpaired) electrons. The number of aromatic carboxylic acids is 1. The number of nitrogens with zero attached hydrogens (tertiary/aromatic N) is 2. The third-order valence-electron chi connectivity index (χ3n) is 3.38. The van der Waals surface area contributed by atoms with Gasteiger partial charge in [-0.25, -0.2) is 28.0 Å². The van der Waals surface area contributed by atoms with Gasteiger partial charge < -0.3 is 15.6 Å². The summed E-state index contributed by atoms with van der Waals surface area (Å²) in [6.07, 6.45) is 1.21. The first-order chi connectivity index (χ1) is 14.5. The molecule has 0 spiro atoms. The van der Waals surface area contributed by atoms with E-state index in [-0.39, 0.29) is 16.6 Å². The lowest BCUT2D eigenvalue weighted by atomic mass is 10.3. The second-order valence-corrected chi connectivity index (χ2v) is 7.20. The Morgan fingerprint density at radius 2 is 1.84 bits per heavy atom. The van der Waals surface area contributed by atoms with E-state index in [9.17, 15) is 27.2 Å². The van der Waals surface area contributed by atoms with Gasteiger partial charge in [-0.3, -0.25) is 19.5 Å². The van der Waals surface area contributed by atoms with E-state index in [1.54, 1.807) is 4.98 Å². The van der Waals surface area contributed by atoms with Gasteiger partial charge in [0.2, 0.25) is 11.7 Å². The van der Waals surface area contributed by atoms with Gasteiger partial charge in [-0.15, -0.1) is 0 Å². The number of nitrogens with two attached hydrogens (primary N) is 1. The van der Waals surface area contributed by atoms with Crippen LogP contribution in [0.5, 0.6) is 5.88 Å². The Bertz CT molecular complexity index is 1310. The molecule has 1 aromatic carbocycles. The van der Waals surface area contributed by atoms with Crippen molar-refractivity contribution in [1.82, 2.24) is 19.9 Å². The van der Waals surface area contributed by atoms with Gasteiger partial charge in [0.1, 0.15) is 12.1 Å². The minimum atomic E-state index is -3.71. The van der Waals surface area contributed by atoms with Gasteiger partial charge in [-0.2, -0.15) is 4.39 Å². The van der Waals surface area contributed by atoms with Gasteiger partial charge in [0, 0.05) is 11.8 Å². The van der Waals surface area contributed by atoms with Crippen molar-refractivity contribution in [3.05, 3.63) is 69.0 Å². The second-order valence-electron chi connectivity index (χ2n) is 5.52. The summed E-state index contributed by atoms with van der Waals surface area (Å²) in [4.78, 5) is 41.9. The quantitative estimate of drug-likeness (QED) is 0.319. The molecule has 0 bridgehead atoms. The Balaban J connectivity index is 0.000000245. The van der Waals surface area contributed by atoms with Crippen LogP contribution in [0.1, 0.15) is 10.5 Å². The molecule has 0 fully saturated rings. The highest BCUT2D eigenvalue weighted by molar-refractivity contribution is 7.92. The largest absolute Gasteiger partial charge is 0.481 e. The number of carbonyl (C=O) groups is 1. The zero-order chi connectivity index (χ0) is 23.2. The van der Waals surface area contributed by atoms with Gasteiger partial charge in [0.25, 0.3) is 15.6 Å².